The lowest BCUT2D eigenvalue weighted by Crippen LogP contribution is -2.07. The number of benzene rings is 1. The fraction of sp³-hybridized carbons (Fsp3) is 0. The van der Waals surface area contributed by atoms with Crippen molar-refractivity contribution in [3.63, 3.8) is 0 Å². The molecule has 94 valence electrons. The third-order valence-corrected chi connectivity index (χ3v) is 3.40. The summed E-state index contributed by atoms with van der Waals surface area (Å²) in [6.45, 7) is 0. The van der Waals surface area contributed by atoms with Gasteiger partial charge in [-0.3, -0.25) is 4.79 Å². The van der Waals surface area contributed by atoms with Crippen LogP contribution in [0.5, 0.6) is 0 Å². The van der Waals surface area contributed by atoms with Crippen molar-refractivity contribution < 1.29 is 4.79 Å². The highest BCUT2D eigenvalue weighted by Gasteiger charge is 2.05. The smallest absolute Gasteiger partial charge is 0.249 e. The van der Waals surface area contributed by atoms with Crippen LogP contribution in [0.4, 0.5) is 5.00 Å². The predicted octanol–water partition coefficient (Wildman–Crippen LogP) is 3.93. The minimum absolute atomic E-state index is 0.270. The van der Waals surface area contributed by atoms with Crippen LogP contribution >= 0.6 is 22.9 Å². The SMILES string of the molecule is N#Cc1ccsc1NC(=O)/C=C/c1ccc(Cl)cc1. The fourth-order valence-electron chi connectivity index (χ4n) is 1.39. The molecule has 1 aromatic carbocycles. The topological polar surface area (TPSA) is 52.9 Å². The summed E-state index contributed by atoms with van der Waals surface area (Å²) in [5.74, 6) is -0.270. The maximum Gasteiger partial charge on any atom is 0.249 e. The van der Waals surface area contributed by atoms with Crippen molar-refractivity contribution in [3.8, 4) is 6.07 Å². The molecule has 0 spiro atoms. The average Bonchev–Trinajstić information content (AvgIpc) is 2.85. The largest absolute Gasteiger partial charge is 0.313 e. The van der Waals surface area contributed by atoms with Crippen molar-refractivity contribution in [2.45, 2.75) is 0 Å². The molecule has 0 saturated heterocycles. The van der Waals surface area contributed by atoms with Gasteiger partial charge in [0.2, 0.25) is 5.91 Å². The zero-order valence-electron chi connectivity index (χ0n) is 9.76. The number of rotatable bonds is 3. The molecular formula is C14H9ClN2OS. The van der Waals surface area contributed by atoms with E-state index in [2.05, 4.69) is 5.32 Å². The van der Waals surface area contributed by atoms with Crippen molar-refractivity contribution in [1.29, 1.82) is 5.26 Å². The van der Waals surface area contributed by atoms with Gasteiger partial charge in [-0.25, -0.2) is 0 Å². The number of carbonyl (C=O) groups excluding carboxylic acids is 1. The van der Waals surface area contributed by atoms with Gasteiger partial charge >= 0.3 is 0 Å². The molecule has 5 heteroatoms. The van der Waals surface area contributed by atoms with Crippen LogP contribution in [0, 0.1) is 11.3 Å². The van der Waals surface area contributed by atoms with Crippen LogP contribution in [0.2, 0.25) is 5.02 Å². The highest BCUT2D eigenvalue weighted by molar-refractivity contribution is 7.14. The van der Waals surface area contributed by atoms with Gasteiger partial charge in [-0.1, -0.05) is 23.7 Å². The van der Waals surface area contributed by atoms with E-state index < -0.39 is 0 Å². The lowest BCUT2D eigenvalue weighted by atomic mass is 10.2. The van der Waals surface area contributed by atoms with E-state index in [4.69, 9.17) is 16.9 Å². The Morgan fingerprint density at radius 1 is 1.32 bits per heavy atom. The summed E-state index contributed by atoms with van der Waals surface area (Å²) in [5.41, 5.74) is 1.35. The Labute approximate surface area is 119 Å². The van der Waals surface area contributed by atoms with Gasteiger partial charge in [0.25, 0.3) is 0 Å². The molecule has 0 aliphatic rings. The maximum absolute atomic E-state index is 11.7. The first-order valence-electron chi connectivity index (χ1n) is 5.41. The van der Waals surface area contributed by atoms with E-state index in [-0.39, 0.29) is 5.91 Å². The molecule has 2 rings (SSSR count). The standard InChI is InChI=1S/C14H9ClN2OS/c15-12-4-1-10(2-5-12)3-6-13(18)17-14-11(9-16)7-8-19-14/h1-8H,(H,17,18)/b6-3+. The first kappa shape index (κ1) is 13.3. The van der Waals surface area contributed by atoms with Gasteiger partial charge in [0.05, 0.1) is 5.56 Å². The maximum atomic E-state index is 11.7. The molecule has 1 N–H and O–H groups in total. The van der Waals surface area contributed by atoms with Gasteiger partial charge in [-0.05, 0) is 35.2 Å². The molecule has 0 fully saturated rings. The van der Waals surface area contributed by atoms with Crippen molar-refractivity contribution in [2.24, 2.45) is 0 Å². The number of nitriles is 1. The molecule has 3 nitrogen and oxygen atoms in total. The van der Waals surface area contributed by atoms with Gasteiger partial charge < -0.3 is 5.32 Å². The number of thiophene rings is 1. The van der Waals surface area contributed by atoms with Crippen LogP contribution in [-0.4, -0.2) is 5.91 Å². The van der Waals surface area contributed by atoms with Crippen molar-refractivity contribution in [2.75, 3.05) is 5.32 Å². The minimum Gasteiger partial charge on any atom is -0.313 e. The molecule has 1 heterocycles. The number of anilines is 1. The second-order valence-electron chi connectivity index (χ2n) is 3.65. The fourth-order valence-corrected chi connectivity index (χ4v) is 2.26. The lowest BCUT2D eigenvalue weighted by molar-refractivity contribution is -0.111. The second-order valence-corrected chi connectivity index (χ2v) is 5.00. The number of nitrogens with zero attached hydrogens (tertiary/aromatic N) is 1. The van der Waals surface area contributed by atoms with E-state index >= 15 is 0 Å². The highest BCUT2D eigenvalue weighted by Crippen LogP contribution is 2.22. The number of halogens is 1. The quantitative estimate of drug-likeness (QED) is 0.870. The predicted molar refractivity (Wildman–Crippen MR) is 78.1 cm³/mol. The molecular weight excluding hydrogens is 280 g/mol. The summed E-state index contributed by atoms with van der Waals surface area (Å²) < 4.78 is 0. The van der Waals surface area contributed by atoms with Crippen molar-refractivity contribution >= 4 is 39.9 Å². The molecule has 0 unspecified atom stereocenters. The monoisotopic (exact) mass is 288 g/mol. The number of hydrogen-bond donors (Lipinski definition) is 1. The molecule has 1 aromatic heterocycles. The zero-order chi connectivity index (χ0) is 13.7. The Kier molecular flexibility index (Phi) is 4.35. The summed E-state index contributed by atoms with van der Waals surface area (Å²) >= 11 is 7.09. The molecule has 2 aromatic rings. The summed E-state index contributed by atoms with van der Waals surface area (Å²) in [5, 5.41) is 14.5. The highest BCUT2D eigenvalue weighted by atomic mass is 35.5. The van der Waals surface area contributed by atoms with Crippen LogP contribution < -0.4 is 5.32 Å². The normalized spacial score (nSPS) is 10.3. The molecule has 0 radical (unpaired) electrons. The van der Waals surface area contributed by atoms with E-state index in [1.165, 1.54) is 17.4 Å². The van der Waals surface area contributed by atoms with E-state index in [1.807, 2.05) is 18.2 Å². The van der Waals surface area contributed by atoms with Gasteiger partial charge in [-0.2, -0.15) is 5.26 Å². The zero-order valence-corrected chi connectivity index (χ0v) is 11.3. The van der Waals surface area contributed by atoms with Gasteiger partial charge in [0.15, 0.2) is 0 Å². The van der Waals surface area contributed by atoms with Crippen LogP contribution in [0.3, 0.4) is 0 Å². The number of amides is 1. The molecule has 1 amide bonds. The van der Waals surface area contributed by atoms with Crippen molar-refractivity contribution in [1.82, 2.24) is 0 Å². The average molecular weight is 289 g/mol. The number of hydrogen-bond acceptors (Lipinski definition) is 3. The minimum atomic E-state index is -0.270. The molecule has 19 heavy (non-hydrogen) atoms. The van der Waals surface area contributed by atoms with Gasteiger partial charge in [0, 0.05) is 11.1 Å². The van der Waals surface area contributed by atoms with Crippen LogP contribution in [-0.2, 0) is 4.79 Å². The number of nitrogens with one attached hydrogen (secondary N) is 1. The lowest BCUT2D eigenvalue weighted by Gasteiger charge is -1.98. The third-order valence-electron chi connectivity index (χ3n) is 2.32. The Bertz CT molecular complexity index is 653. The Morgan fingerprint density at radius 2 is 2.05 bits per heavy atom. The summed E-state index contributed by atoms with van der Waals surface area (Å²) in [4.78, 5) is 11.7. The van der Waals surface area contributed by atoms with Gasteiger partial charge in [0.1, 0.15) is 11.1 Å². The summed E-state index contributed by atoms with van der Waals surface area (Å²) in [6, 6.07) is 10.8. The Balaban J connectivity index is 2.02. The van der Waals surface area contributed by atoms with Crippen LogP contribution in [0.25, 0.3) is 6.08 Å². The molecule has 0 bridgehead atoms. The van der Waals surface area contributed by atoms with Gasteiger partial charge in [-0.15, -0.1) is 11.3 Å². The first-order valence-corrected chi connectivity index (χ1v) is 6.67. The summed E-state index contributed by atoms with van der Waals surface area (Å²) in [7, 11) is 0. The molecule has 0 atom stereocenters. The first-order chi connectivity index (χ1) is 9.19. The Morgan fingerprint density at radius 3 is 2.74 bits per heavy atom. The second kappa shape index (κ2) is 6.19. The summed E-state index contributed by atoms with van der Waals surface area (Å²) in [6.07, 6.45) is 3.11. The van der Waals surface area contributed by atoms with E-state index in [9.17, 15) is 4.79 Å². The third kappa shape index (κ3) is 3.68. The molecule has 0 saturated carbocycles. The van der Waals surface area contributed by atoms with E-state index in [0.29, 0.717) is 15.6 Å². The molecule has 0 aliphatic heterocycles. The van der Waals surface area contributed by atoms with Crippen molar-refractivity contribution in [3.05, 3.63) is 57.9 Å². The van der Waals surface area contributed by atoms with Crippen LogP contribution in [0.15, 0.2) is 41.8 Å². The van der Waals surface area contributed by atoms with E-state index in [1.54, 1.807) is 29.7 Å². The molecule has 0 aliphatic carbocycles. The van der Waals surface area contributed by atoms with Crippen LogP contribution in [0.1, 0.15) is 11.1 Å². The van der Waals surface area contributed by atoms with E-state index in [0.717, 1.165) is 5.56 Å². The number of carbonyl (C=O) groups is 1. The Hall–Kier alpha value is -2.09.